The fourth-order valence-electron chi connectivity index (χ4n) is 1.29. The van der Waals surface area contributed by atoms with Gasteiger partial charge in [0.25, 0.3) is 0 Å². The lowest BCUT2D eigenvalue weighted by atomic mass is 10.1. The van der Waals surface area contributed by atoms with Gasteiger partial charge in [-0.2, -0.15) is 0 Å². The van der Waals surface area contributed by atoms with E-state index in [2.05, 4.69) is 23.2 Å². The van der Waals surface area contributed by atoms with Crippen LogP contribution in [0.25, 0.3) is 0 Å². The molecule has 1 atom stereocenters. The maximum atomic E-state index is 12.2. The van der Waals surface area contributed by atoms with Crippen molar-refractivity contribution in [3.8, 4) is 0 Å². The predicted molar refractivity (Wildman–Crippen MR) is 63.6 cm³/mol. The first-order chi connectivity index (χ1) is 7.03. The Labute approximate surface area is 92.1 Å². The van der Waals surface area contributed by atoms with Gasteiger partial charge in [-0.15, -0.1) is 0 Å². The Morgan fingerprint density at radius 1 is 1.47 bits per heavy atom. The van der Waals surface area contributed by atoms with Crippen LogP contribution in [0.5, 0.6) is 0 Å². The minimum absolute atomic E-state index is 0.447. The third-order valence-electron chi connectivity index (χ3n) is 2.44. The monoisotopic (exact) mass is 226 g/mol. The maximum absolute atomic E-state index is 12.2. The van der Waals surface area contributed by atoms with Crippen LogP contribution in [0.15, 0.2) is 27.7 Å². The Balaban J connectivity index is 3.15. The van der Waals surface area contributed by atoms with Crippen LogP contribution in [0, 0.1) is 0 Å². The lowest BCUT2D eigenvalue weighted by Gasteiger charge is -2.08. The average molecular weight is 226 g/mol. The quantitative estimate of drug-likeness (QED) is 0.795. The summed E-state index contributed by atoms with van der Waals surface area (Å²) in [6, 6.07) is 3.81. The van der Waals surface area contributed by atoms with Crippen LogP contribution in [0.1, 0.15) is 32.3 Å². The molecule has 0 aliphatic carbocycles. The molecule has 0 spiro atoms. The van der Waals surface area contributed by atoms with E-state index in [-0.39, 0.29) is 0 Å². The highest BCUT2D eigenvalue weighted by Gasteiger charge is 2.10. The summed E-state index contributed by atoms with van der Waals surface area (Å²) < 4.78 is 16.1. The van der Waals surface area contributed by atoms with Gasteiger partial charge in [0, 0.05) is 19.0 Å². The molecule has 0 aromatic carbocycles. The van der Waals surface area contributed by atoms with Crippen molar-refractivity contribution in [2.75, 3.05) is 12.8 Å². The molecule has 4 heteroatoms. The molecule has 1 heterocycles. The van der Waals surface area contributed by atoms with Gasteiger partial charge >= 0.3 is 0 Å². The van der Waals surface area contributed by atoms with Crippen LogP contribution in [0.2, 0.25) is 0 Å². The largest absolute Gasteiger partial charge is 0.246 e. The van der Waals surface area contributed by atoms with Crippen molar-refractivity contribution in [2.45, 2.75) is 31.7 Å². The summed E-state index contributed by atoms with van der Waals surface area (Å²) in [6.07, 6.45) is 1.79. The summed E-state index contributed by atoms with van der Waals surface area (Å²) in [5.74, 6) is 0.958. The molecule has 0 aliphatic heterocycles. The fraction of sp³-hybridized carbons (Fsp3) is 0.545. The zero-order valence-electron chi connectivity index (χ0n) is 9.73. The van der Waals surface area contributed by atoms with E-state index < -0.39 is 9.73 Å². The van der Waals surface area contributed by atoms with Crippen LogP contribution in [0.3, 0.4) is 0 Å². The van der Waals surface area contributed by atoms with Crippen molar-refractivity contribution in [1.82, 2.24) is 4.98 Å². The van der Waals surface area contributed by atoms with E-state index in [0.29, 0.717) is 16.7 Å². The van der Waals surface area contributed by atoms with Crippen molar-refractivity contribution in [3.63, 3.8) is 0 Å². The standard InChI is InChI=1S/C11H18N2OS/c1-5-15(14,12-4)11-7-6-10(8-13-11)9(2)3/h6-9H,5H2,1-4H3. The van der Waals surface area contributed by atoms with Crippen LogP contribution in [-0.2, 0) is 9.73 Å². The Morgan fingerprint density at radius 3 is 2.47 bits per heavy atom. The minimum Gasteiger partial charge on any atom is -0.246 e. The Bertz CT molecular complexity index is 428. The van der Waals surface area contributed by atoms with E-state index in [1.54, 1.807) is 13.2 Å². The first kappa shape index (κ1) is 12.2. The lowest BCUT2D eigenvalue weighted by molar-refractivity contribution is 0.673. The van der Waals surface area contributed by atoms with Crippen LogP contribution in [0.4, 0.5) is 0 Å². The molecule has 0 saturated carbocycles. The number of aromatic nitrogens is 1. The number of hydrogen-bond acceptors (Lipinski definition) is 3. The normalized spacial score (nSPS) is 15.0. The van der Waals surface area contributed by atoms with Gasteiger partial charge in [0.2, 0.25) is 0 Å². The lowest BCUT2D eigenvalue weighted by Crippen LogP contribution is -2.06. The third-order valence-corrected chi connectivity index (χ3v) is 4.71. The van der Waals surface area contributed by atoms with Crippen molar-refractivity contribution in [3.05, 3.63) is 23.9 Å². The molecule has 0 radical (unpaired) electrons. The summed E-state index contributed by atoms with van der Waals surface area (Å²) in [5, 5.41) is 0.594. The van der Waals surface area contributed by atoms with Gasteiger partial charge in [0.15, 0.2) is 0 Å². The summed E-state index contributed by atoms with van der Waals surface area (Å²) in [4.78, 5) is 4.24. The van der Waals surface area contributed by atoms with Crippen molar-refractivity contribution >= 4 is 9.73 Å². The topological polar surface area (TPSA) is 42.3 Å². The zero-order valence-corrected chi connectivity index (χ0v) is 10.5. The molecule has 3 nitrogen and oxygen atoms in total. The second kappa shape index (κ2) is 4.75. The van der Waals surface area contributed by atoms with Gasteiger partial charge in [0.1, 0.15) is 5.03 Å². The van der Waals surface area contributed by atoms with E-state index >= 15 is 0 Å². The second-order valence-electron chi connectivity index (χ2n) is 3.70. The zero-order chi connectivity index (χ0) is 11.5. The average Bonchev–Trinajstić information content (AvgIpc) is 2.28. The molecule has 1 unspecified atom stereocenters. The van der Waals surface area contributed by atoms with E-state index in [1.807, 2.05) is 19.1 Å². The maximum Gasteiger partial charge on any atom is 0.135 e. The summed E-state index contributed by atoms with van der Waals surface area (Å²) in [6.45, 7) is 6.09. The summed E-state index contributed by atoms with van der Waals surface area (Å²) in [7, 11) is -0.685. The van der Waals surface area contributed by atoms with Gasteiger partial charge in [-0.05, 0) is 17.5 Å². The summed E-state index contributed by atoms with van der Waals surface area (Å²) in [5.41, 5.74) is 1.16. The first-order valence-corrected chi connectivity index (χ1v) is 6.80. The highest BCUT2D eigenvalue weighted by Crippen LogP contribution is 2.16. The molecule has 0 amide bonds. The highest BCUT2D eigenvalue weighted by molar-refractivity contribution is 7.93. The molecule has 1 aromatic heterocycles. The Hall–Kier alpha value is -0.900. The highest BCUT2D eigenvalue weighted by atomic mass is 32.2. The molecule has 0 fully saturated rings. The molecule has 0 aliphatic rings. The summed E-state index contributed by atoms with van der Waals surface area (Å²) >= 11 is 0. The second-order valence-corrected chi connectivity index (χ2v) is 6.34. The molecule has 15 heavy (non-hydrogen) atoms. The smallest absolute Gasteiger partial charge is 0.135 e. The Morgan fingerprint density at radius 2 is 2.13 bits per heavy atom. The molecule has 1 aromatic rings. The molecule has 0 saturated heterocycles. The molecular formula is C11H18N2OS. The number of nitrogens with zero attached hydrogens (tertiary/aromatic N) is 2. The van der Waals surface area contributed by atoms with E-state index in [9.17, 15) is 4.21 Å². The minimum atomic E-state index is -2.27. The van der Waals surface area contributed by atoms with E-state index in [0.717, 1.165) is 5.56 Å². The van der Waals surface area contributed by atoms with Gasteiger partial charge in [0.05, 0.1) is 9.73 Å². The predicted octanol–water partition coefficient (Wildman–Crippen LogP) is 2.68. The first-order valence-electron chi connectivity index (χ1n) is 5.12. The number of pyridine rings is 1. The number of hydrogen-bond donors (Lipinski definition) is 0. The molecule has 1 rings (SSSR count). The van der Waals surface area contributed by atoms with Crippen molar-refractivity contribution in [1.29, 1.82) is 0 Å². The van der Waals surface area contributed by atoms with E-state index in [4.69, 9.17) is 0 Å². The molecule has 84 valence electrons. The SMILES string of the molecule is CCS(=O)(=NC)c1ccc(C(C)C)cn1. The van der Waals surface area contributed by atoms with Crippen molar-refractivity contribution in [2.24, 2.45) is 4.36 Å². The fourth-order valence-corrected chi connectivity index (χ4v) is 2.53. The van der Waals surface area contributed by atoms with Crippen molar-refractivity contribution < 1.29 is 4.21 Å². The molecule has 0 N–H and O–H groups in total. The van der Waals surface area contributed by atoms with Gasteiger partial charge in [-0.25, -0.2) is 13.6 Å². The van der Waals surface area contributed by atoms with Crippen LogP contribution >= 0.6 is 0 Å². The molecule has 0 bridgehead atoms. The Kier molecular flexibility index (Phi) is 3.85. The van der Waals surface area contributed by atoms with Gasteiger partial charge in [-0.3, -0.25) is 0 Å². The van der Waals surface area contributed by atoms with E-state index in [1.165, 1.54) is 0 Å². The third kappa shape index (κ3) is 2.56. The number of rotatable bonds is 3. The van der Waals surface area contributed by atoms with Gasteiger partial charge in [-0.1, -0.05) is 26.8 Å². The molecular weight excluding hydrogens is 208 g/mol. The van der Waals surface area contributed by atoms with Crippen LogP contribution in [-0.4, -0.2) is 22.0 Å². The van der Waals surface area contributed by atoms with Gasteiger partial charge < -0.3 is 0 Å². The van der Waals surface area contributed by atoms with Crippen LogP contribution < -0.4 is 0 Å².